The molecule has 0 atom stereocenters. The zero-order valence-corrected chi connectivity index (χ0v) is 13.2. The number of hydrogen-bond acceptors (Lipinski definition) is 3. The smallest absolute Gasteiger partial charge is 0.811 e. The van der Waals surface area contributed by atoms with Crippen molar-refractivity contribution in [2.45, 2.75) is 19.3 Å². The number of hydrogen-bond donors (Lipinski definition) is 0. The van der Waals surface area contributed by atoms with Crippen molar-refractivity contribution in [2.24, 2.45) is 0 Å². The van der Waals surface area contributed by atoms with E-state index in [9.17, 15) is 14.4 Å². The zero-order chi connectivity index (χ0) is 8.04. The third-order valence-electron chi connectivity index (χ3n) is 1.07. The maximum Gasteiger partial charge on any atom is 1.00 e. The Morgan fingerprint density at radius 3 is 1.92 bits per heavy atom. The third-order valence-corrected chi connectivity index (χ3v) is 2.20. The van der Waals surface area contributed by atoms with Gasteiger partial charge in [-0.3, -0.25) is 0 Å². The van der Waals surface area contributed by atoms with Gasteiger partial charge in [-0.15, -0.1) is 11.6 Å². The number of rotatable bonds is 5. The second-order valence-electron chi connectivity index (χ2n) is 2.08. The Balaban J connectivity index is -0.000000405. The van der Waals surface area contributed by atoms with E-state index in [2.05, 4.69) is 0 Å². The topological polar surface area (TPSA) is 63.2 Å². The molecule has 0 saturated carbocycles. The second-order valence-corrected chi connectivity index (χ2v) is 4.13. The second kappa shape index (κ2) is 11.5. The predicted molar refractivity (Wildman–Crippen MR) is 37.0 cm³/mol. The van der Waals surface area contributed by atoms with Crippen LogP contribution in [-0.4, -0.2) is 12.0 Å². The summed E-state index contributed by atoms with van der Waals surface area (Å²) in [5.74, 6) is 0.530. The minimum atomic E-state index is -4.25. The standard InChI is InChI=1S/C5H12ClO3P.2Na/c6-4-2-1-3-5-10(7,8)9;;/h1-5H2,(H2,7,8,9);;/q;2*+1/p-2. The quantitative estimate of drug-likeness (QED) is 0.205. The van der Waals surface area contributed by atoms with Crippen molar-refractivity contribution < 1.29 is 73.5 Å². The minimum absolute atomic E-state index is 0. The molecule has 0 aromatic rings. The Morgan fingerprint density at radius 1 is 1.08 bits per heavy atom. The number of halogens is 1. The summed E-state index contributed by atoms with van der Waals surface area (Å²) in [6.45, 7) is 0. The molecule has 0 spiro atoms. The van der Waals surface area contributed by atoms with Crippen molar-refractivity contribution >= 4 is 19.2 Å². The molecule has 0 fully saturated rings. The van der Waals surface area contributed by atoms with Crippen molar-refractivity contribution in [3.63, 3.8) is 0 Å². The van der Waals surface area contributed by atoms with Crippen LogP contribution in [0.15, 0.2) is 0 Å². The van der Waals surface area contributed by atoms with Crippen molar-refractivity contribution in [2.75, 3.05) is 12.0 Å². The molecule has 0 amide bonds. The van der Waals surface area contributed by atoms with Crippen LogP contribution in [0, 0.1) is 0 Å². The summed E-state index contributed by atoms with van der Waals surface area (Å²) in [4.78, 5) is 20.1. The Hall–Kier alpha value is 2.44. The van der Waals surface area contributed by atoms with Crippen LogP contribution in [0.25, 0.3) is 0 Å². The first kappa shape index (κ1) is 19.9. The van der Waals surface area contributed by atoms with E-state index in [0.717, 1.165) is 12.8 Å². The van der Waals surface area contributed by atoms with Crippen LogP contribution in [0.1, 0.15) is 19.3 Å². The first-order chi connectivity index (χ1) is 4.56. The van der Waals surface area contributed by atoms with Crippen LogP contribution in [0.3, 0.4) is 0 Å². The van der Waals surface area contributed by atoms with E-state index < -0.39 is 7.60 Å². The molecule has 0 bridgehead atoms. The molecule has 0 aromatic heterocycles. The average Bonchev–Trinajstić information content (AvgIpc) is 1.78. The van der Waals surface area contributed by atoms with Gasteiger partial charge in [0.1, 0.15) is 0 Å². The molecule has 0 aliphatic carbocycles. The molecule has 0 heterocycles. The molecule has 0 N–H and O–H groups in total. The van der Waals surface area contributed by atoms with Gasteiger partial charge >= 0.3 is 59.1 Å². The van der Waals surface area contributed by atoms with E-state index in [0.29, 0.717) is 12.3 Å². The van der Waals surface area contributed by atoms with Gasteiger partial charge in [-0.1, -0.05) is 14.0 Å². The average molecular weight is 231 g/mol. The van der Waals surface area contributed by atoms with E-state index in [1.807, 2.05) is 0 Å². The van der Waals surface area contributed by atoms with Crippen LogP contribution >= 0.6 is 19.2 Å². The summed E-state index contributed by atoms with van der Waals surface area (Å²) < 4.78 is 10.0. The fourth-order valence-electron chi connectivity index (χ4n) is 0.577. The molecule has 0 aliphatic rings. The summed E-state index contributed by atoms with van der Waals surface area (Å²) in [5.41, 5.74) is 0. The molecule has 0 aliphatic heterocycles. The van der Waals surface area contributed by atoms with Crippen LogP contribution in [0.2, 0.25) is 0 Å². The van der Waals surface area contributed by atoms with E-state index in [1.54, 1.807) is 0 Å². The summed E-state index contributed by atoms with van der Waals surface area (Å²) >= 11 is 5.33. The molecule has 0 unspecified atom stereocenters. The Labute approximate surface area is 122 Å². The van der Waals surface area contributed by atoms with Gasteiger partial charge in [0, 0.05) is 5.88 Å². The molecule has 12 heavy (non-hydrogen) atoms. The Bertz CT molecular complexity index is 130. The molecule has 7 heteroatoms. The summed E-state index contributed by atoms with van der Waals surface area (Å²) in [5, 5.41) is 0. The predicted octanol–water partition coefficient (Wildman–Crippen LogP) is -5.68. The van der Waals surface area contributed by atoms with Crippen LogP contribution in [0.4, 0.5) is 0 Å². The minimum Gasteiger partial charge on any atom is -0.811 e. The number of alkyl halides is 1. The van der Waals surface area contributed by atoms with Gasteiger partial charge in [-0.2, -0.15) is 0 Å². The fourth-order valence-corrected chi connectivity index (χ4v) is 1.38. The normalized spacial score (nSPS) is 9.92. The summed E-state index contributed by atoms with van der Waals surface area (Å²) in [6.07, 6.45) is 1.71. The van der Waals surface area contributed by atoms with Crippen LogP contribution in [0.5, 0.6) is 0 Å². The summed E-state index contributed by atoms with van der Waals surface area (Å²) in [7, 11) is -4.25. The molecular formula is C5H10ClNa2O3P. The molecular weight excluding hydrogens is 220 g/mol. The van der Waals surface area contributed by atoms with E-state index in [-0.39, 0.29) is 65.3 Å². The van der Waals surface area contributed by atoms with Gasteiger partial charge in [0.05, 0.1) is 0 Å². The third kappa shape index (κ3) is 18.3. The zero-order valence-electron chi connectivity index (χ0n) is 7.59. The van der Waals surface area contributed by atoms with E-state index >= 15 is 0 Å². The molecule has 3 nitrogen and oxygen atoms in total. The summed E-state index contributed by atoms with van der Waals surface area (Å²) in [6, 6.07) is 0. The van der Waals surface area contributed by atoms with Gasteiger partial charge < -0.3 is 14.4 Å². The maximum absolute atomic E-state index is 10.0. The molecule has 0 radical (unpaired) electrons. The SMILES string of the molecule is O=P([O-])([O-])CCCCCCl.[Na+].[Na+]. The van der Waals surface area contributed by atoms with E-state index in [4.69, 9.17) is 11.6 Å². The fraction of sp³-hybridized carbons (Fsp3) is 1.00. The maximum atomic E-state index is 10.0. The monoisotopic (exact) mass is 230 g/mol. The van der Waals surface area contributed by atoms with Crippen LogP contribution < -0.4 is 68.9 Å². The van der Waals surface area contributed by atoms with Gasteiger partial charge in [0.15, 0.2) is 0 Å². The van der Waals surface area contributed by atoms with Crippen LogP contribution in [-0.2, 0) is 4.57 Å². The van der Waals surface area contributed by atoms with Crippen molar-refractivity contribution in [3.05, 3.63) is 0 Å². The molecule has 0 aromatic carbocycles. The first-order valence-corrected chi connectivity index (χ1v) is 5.39. The Kier molecular flexibility index (Phi) is 19.1. The number of unbranched alkanes of at least 4 members (excludes halogenated alkanes) is 2. The van der Waals surface area contributed by atoms with Gasteiger partial charge in [-0.05, 0) is 19.0 Å². The Morgan fingerprint density at radius 2 is 1.58 bits per heavy atom. The van der Waals surface area contributed by atoms with E-state index in [1.165, 1.54) is 0 Å². The van der Waals surface area contributed by atoms with Gasteiger partial charge in [-0.25, -0.2) is 0 Å². The molecule has 0 saturated heterocycles. The first-order valence-electron chi connectivity index (χ1n) is 3.13. The van der Waals surface area contributed by atoms with Gasteiger partial charge in [0.25, 0.3) is 0 Å². The molecule has 0 rings (SSSR count). The molecule has 62 valence electrons. The van der Waals surface area contributed by atoms with Crippen molar-refractivity contribution in [3.8, 4) is 0 Å². The van der Waals surface area contributed by atoms with Gasteiger partial charge in [0.2, 0.25) is 0 Å². The largest absolute Gasteiger partial charge is 1.00 e. The van der Waals surface area contributed by atoms with Crippen molar-refractivity contribution in [1.82, 2.24) is 0 Å². The van der Waals surface area contributed by atoms with Crippen molar-refractivity contribution in [1.29, 1.82) is 0 Å².